The van der Waals surface area contributed by atoms with E-state index < -0.39 is 0 Å². The lowest BCUT2D eigenvalue weighted by Gasteiger charge is -2.10. The van der Waals surface area contributed by atoms with Crippen LogP contribution in [0.4, 0.5) is 4.39 Å². The van der Waals surface area contributed by atoms with Gasteiger partial charge in [-0.3, -0.25) is 0 Å². The van der Waals surface area contributed by atoms with Crippen LogP contribution < -0.4 is 5.73 Å². The molecule has 0 fully saturated rings. The Kier molecular flexibility index (Phi) is 3.50. The Hall–Kier alpha value is -1.32. The first-order valence-corrected chi connectivity index (χ1v) is 5.68. The Balaban J connectivity index is 2.18. The third-order valence-corrected chi connectivity index (χ3v) is 2.86. The minimum Gasteiger partial charge on any atom is -0.469 e. The van der Waals surface area contributed by atoms with Gasteiger partial charge >= 0.3 is 0 Å². The third-order valence-electron chi connectivity index (χ3n) is 2.63. The highest BCUT2D eigenvalue weighted by Gasteiger charge is 2.12. The Labute approximate surface area is 104 Å². The van der Waals surface area contributed by atoms with E-state index in [-0.39, 0.29) is 11.9 Å². The molecule has 0 saturated carbocycles. The van der Waals surface area contributed by atoms with Crippen LogP contribution in [0.3, 0.4) is 0 Å². The summed E-state index contributed by atoms with van der Waals surface area (Å²) in [5.74, 6) is 0.507. The lowest BCUT2D eigenvalue weighted by atomic mass is 10.0. The van der Waals surface area contributed by atoms with E-state index in [0.717, 1.165) is 11.3 Å². The minimum absolute atomic E-state index is 0.287. The van der Waals surface area contributed by atoms with Gasteiger partial charge in [-0.15, -0.1) is 0 Å². The Morgan fingerprint density at radius 2 is 2.18 bits per heavy atom. The molecule has 1 heterocycles. The average molecular weight is 254 g/mol. The van der Waals surface area contributed by atoms with E-state index in [4.69, 9.17) is 21.8 Å². The predicted octanol–water partition coefficient (Wildman–Crippen LogP) is 3.62. The number of hydrogen-bond donors (Lipinski definition) is 1. The van der Waals surface area contributed by atoms with Crippen LogP contribution in [0, 0.1) is 12.7 Å². The molecule has 2 rings (SSSR count). The van der Waals surface area contributed by atoms with Crippen LogP contribution in [0.15, 0.2) is 34.9 Å². The Bertz CT molecular complexity index is 524. The monoisotopic (exact) mass is 253 g/mol. The van der Waals surface area contributed by atoms with Gasteiger partial charge in [0.25, 0.3) is 0 Å². The zero-order valence-electron chi connectivity index (χ0n) is 9.41. The second-order valence-corrected chi connectivity index (χ2v) is 4.47. The molecule has 2 N–H and O–H groups in total. The molecule has 1 atom stereocenters. The first-order chi connectivity index (χ1) is 8.06. The normalized spacial score (nSPS) is 12.7. The molecule has 4 heteroatoms. The molecule has 0 aliphatic carbocycles. The van der Waals surface area contributed by atoms with Gasteiger partial charge in [0.05, 0.1) is 6.26 Å². The van der Waals surface area contributed by atoms with Crippen LogP contribution in [0.25, 0.3) is 0 Å². The van der Waals surface area contributed by atoms with E-state index in [1.54, 1.807) is 12.3 Å². The van der Waals surface area contributed by atoms with E-state index in [1.165, 1.54) is 12.1 Å². The molecule has 0 aliphatic heterocycles. The number of rotatable bonds is 3. The summed E-state index contributed by atoms with van der Waals surface area (Å²) in [5, 5.41) is 0.511. The van der Waals surface area contributed by atoms with Crippen molar-refractivity contribution in [1.82, 2.24) is 0 Å². The zero-order chi connectivity index (χ0) is 12.4. The molecule has 0 radical (unpaired) electrons. The highest BCUT2D eigenvalue weighted by Crippen LogP contribution is 2.22. The second-order valence-electron chi connectivity index (χ2n) is 4.04. The molecule has 0 saturated heterocycles. The molecule has 1 aromatic heterocycles. The molecule has 0 aliphatic rings. The van der Waals surface area contributed by atoms with Crippen LogP contribution in [0.2, 0.25) is 5.02 Å². The van der Waals surface area contributed by atoms with Gasteiger partial charge in [-0.2, -0.15) is 0 Å². The SMILES string of the molecule is Cc1cc(C(N)Cc2cc(Cl)ccc2F)co1. The Morgan fingerprint density at radius 1 is 1.41 bits per heavy atom. The number of hydrogen-bond acceptors (Lipinski definition) is 2. The van der Waals surface area contributed by atoms with Crippen molar-refractivity contribution in [1.29, 1.82) is 0 Å². The maximum absolute atomic E-state index is 13.5. The van der Waals surface area contributed by atoms with Crippen LogP contribution in [-0.2, 0) is 6.42 Å². The number of benzene rings is 1. The third kappa shape index (κ3) is 2.87. The van der Waals surface area contributed by atoms with Crippen LogP contribution >= 0.6 is 11.6 Å². The molecule has 0 amide bonds. The molecule has 90 valence electrons. The van der Waals surface area contributed by atoms with Gasteiger partial charge < -0.3 is 10.2 Å². The van der Waals surface area contributed by atoms with Gasteiger partial charge in [0.15, 0.2) is 0 Å². The molecule has 2 nitrogen and oxygen atoms in total. The molecule has 17 heavy (non-hydrogen) atoms. The fourth-order valence-electron chi connectivity index (χ4n) is 1.71. The zero-order valence-corrected chi connectivity index (χ0v) is 10.2. The van der Waals surface area contributed by atoms with E-state index in [2.05, 4.69) is 0 Å². The van der Waals surface area contributed by atoms with Crippen molar-refractivity contribution in [3.05, 3.63) is 58.3 Å². The highest BCUT2D eigenvalue weighted by molar-refractivity contribution is 6.30. The molecule has 2 aromatic rings. The number of nitrogens with two attached hydrogens (primary N) is 1. The summed E-state index contributed by atoms with van der Waals surface area (Å²) in [6.45, 7) is 1.84. The van der Waals surface area contributed by atoms with Crippen LogP contribution in [-0.4, -0.2) is 0 Å². The minimum atomic E-state index is -0.291. The maximum atomic E-state index is 13.5. The summed E-state index contributed by atoms with van der Waals surface area (Å²) in [7, 11) is 0. The van der Waals surface area contributed by atoms with Gasteiger partial charge in [-0.25, -0.2) is 4.39 Å². The Morgan fingerprint density at radius 3 is 2.82 bits per heavy atom. The molecular weight excluding hydrogens is 241 g/mol. The molecule has 1 unspecified atom stereocenters. The van der Waals surface area contributed by atoms with E-state index in [1.807, 2.05) is 13.0 Å². The summed E-state index contributed by atoms with van der Waals surface area (Å²) in [5.41, 5.74) is 7.37. The topological polar surface area (TPSA) is 39.2 Å². The van der Waals surface area contributed by atoms with Gasteiger partial charge in [-0.1, -0.05) is 11.6 Å². The van der Waals surface area contributed by atoms with Crippen molar-refractivity contribution >= 4 is 11.6 Å². The summed E-state index contributed by atoms with van der Waals surface area (Å²) >= 11 is 5.82. The molecule has 0 spiro atoms. The fourth-order valence-corrected chi connectivity index (χ4v) is 1.91. The van der Waals surface area contributed by atoms with Crippen molar-refractivity contribution in [2.24, 2.45) is 5.73 Å². The number of aryl methyl sites for hydroxylation is 1. The maximum Gasteiger partial charge on any atom is 0.126 e. The summed E-state index contributed by atoms with van der Waals surface area (Å²) in [6, 6.07) is 6.04. The predicted molar refractivity (Wildman–Crippen MR) is 65.5 cm³/mol. The van der Waals surface area contributed by atoms with Crippen molar-refractivity contribution in [3.63, 3.8) is 0 Å². The molecule has 1 aromatic carbocycles. The van der Waals surface area contributed by atoms with E-state index in [9.17, 15) is 4.39 Å². The first-order valence-electron chi connectivity index (χ1n) is 5.31. The quantitative estimate of drug-likeness (QED) is 0.907. The van der Waals surface area contributed by atoms with E-state index in [0.29, 0.717) is 17.0 Å². The number of furan rings is 1. The molecular formula is C13H13ClFNO. The smallest absolute Gasteiger partial charge is 0.126 e. The second kappa shape index (κ2) is 4.90. The van der Waals surface area contributed by atoms with Crippen molar-refractivity contribution in [2.45, 2.75) is 19.4 Å². The summed E-state index contributed by atoms with van der Waals surface area (Å²) in [6.07, 6.45) is 1.99. The van der Waals surface area contributed by atoms with Crippen molar-refractivity contribution in [2.75, 3.05) is 0 Å². The molecule has 0 bridgehead atoms. The number of halogens is 2. The fraction of sp³-hybridized carbons (Fsp3) is 0.231. The standard InChI is InChI=1S/C13H13ClFNO/c1-8-4-10(7-17-8)13(16)6-9-5-11(14)2-3-12(9)15/h2-5,7,13H,6,16H2,1H3. The van der Waals surface area contributed by atoms with Gasteiger partial charge in [0.1, 0.15) is 11.6 Å². The average Bonchev–Trinajstić information content (AvgIpc) is 2.70. The summed E-state index contributed by atoms with van der Waals surface area (Å²) in [4.78, 5) is 0. The van der Waals surface area contributed by atoms with Gasteiger partial charge in [-0.05, 0) is 43.2 Å². The van der Waals surface area contributed by atoms with Gasteiger partial charge in [0.2, 0.25) is 0 Å². The van der Waals surface area contributed by atoms with Crippen LogP contribution in [0.5, 0.6) is 0 Å². The lowest BCUT2D eigenvalue weighted by molar-refractivity contribution is 0.527. The van der Waals surface area contributed by atoms with Crippen molar-refractivity contribution in [3.8, 4) is 0 Å². The first kappa shape index (κ1) is 12.1. The lowest BCUT2D eigenvalue weighted by Crippen LogP contribution is -2.13. The van der Waals surface area contributed by atoms with E-state index >= 15 is 0 Å². The van der Waals surface area contributed by atoms with Crippen LogP contribution in [0.1, 0.15) is 22.9 Å². The summed E-state index contributed by atoms with van der Waals surface area (Å²) < 4.78 is 18.7. The van der Waals surface area contributed by atoms with Gasteiger partial charge in [0, 0.05) is 16.6 Å². The largest absolute Gasteiger partial charge is 0.469 e. The highest BCUT2D eigenvalue weighted by atomic mass is 35.5. The van der Waals surface area contributed by atoms with Crippen molar-refractivity contribution < 1.29 is 8.81 Å².